The maximum atomic E-state index is 5.18. The second kappa shape index (κ2) is 5.59. The van der Waals surface area contributed by atoms with Crippen LogP contribution in [0.3, 0.4) is 0 Å². The van der Waals surface area contributed by atoms with Crippen LogP contribution in [0.25, 0.3) is 0 Å². The summed E-state index contributed by atoms with van der Waals surface area (Å²) in [4.78, 5) is 0. The number of rotatable bonds is 5. The van der Waals surface area contributed by atoms with Crippen molar-refractivity contribution in [2.75, 3.05) is 7.11 Å². The Morgan fingerprint density at radius 3 is 1.91 bits per heavy atom. The summed E-state index contributed by atoms with van der Waals surface area (Å²) in [5, 5.41) is 0. The maximum Gasteiger partial charge on any atom is 0.0543 e. The van der Waals surface area contributed by atoms with Crippen LogP contribution in [-0.4, -0.2) is 13.2 Å². The van der Waals surface area contributed by atoms with Gasteiger partial charge in [0.2, 0.25) is 0 Å². The van der Waals surface area contributed by atoms with E-state index in [1.54, 1.807) is 7.11 Å². The highest BCUT2D eigenvalue weighted by atomic mass is 16.5. The van der Waals surface area contributed by atoms with Crippen molar-refractivity contribution in [2.45, 2.75) is 46.6 Å². The lowest BCUT2D eigenvalue weighted by Gasteiger charge is -2.17. The molecule has 0 N–H and O–H groups in total. The van der Waals surface area contributed by atoms with Crippen molar-refractivity contribution in [3.8, 4) is 0 Å². The van der Waals surface area contributed by atoms with Gasteiger partial charge in [-0.15, -0.1) is 0 Å². The fraction of sp³-hybridized carbons (Fsp3) is 1.00. The third-order valence-corrected chi connectivity index (χ3v) is 2.57. The number of hydrogen-bond donors (Lipinski definition) is 0. The molecule has 11 heavy (non-hydrogen) atoms. The Kier molecular flexibility index (Phi) is 5.57. The molecular weight excluding hydrogens is 136 g/mol. The topological polar surface area (TPSA) is 9.23 Å². The summed E-state index contributed by atoms with van der Waals surface area (Å²) in [5.74, 6) is 1.63. The van der Waals surface area contributed by atoms with Gasteiger partial charge in [0.25, 0.3) is 0 Å². The third-order valence-electron chi connectivity index (χ3n) is 2.57. The largest absolute Gasteiger partial charge is 0.382 e. The molecule has 0 amide bonds. The van der Waals surface area contributed by atoms with Crippen LogP contribution in [-0.2, 0) is 4.74 Å². The van der Waals surface area contributed by atoms with Gasteiger partial charge in [-0.05, 0) is 31.6 Å². The Morgan fingerprint density at radius 2 is 1.55 bits per heavy atom. The van der Waals surface area contributed by atoms with Gasteiger partial charge in [-0.25, -0.2) is 0 Å². The molecule has 68 valence electrons. The molecule has 0 aromatic rings. The Bertz CT molecular complexity index is 88.9. The van der Waals surface area contributed by atoms with E-state index in [1.165, 1.54) is 12.8 Å². The van der Waals surface area contributed by atoms with Crippen LogP contribution < -0.4 is 0 Å². The van der Waals surface area contributed by atoms with E-state index in [0.29, 0.717) is 6.10 Å². The highest BCUT2D eigenvalue weighted by Crippen LogP contribution is 2.17. The second-order valence-corrected chi connectivity index (χ2v) is 3.84. The molecule has 0 fully saturated rings. The van der Waals surface area contributed by atoms with Gasteiger partial charge in [-0.1, -0.05) is 20.8 Å². The fourth-order valence-electron chi connectivity index (χ4n) is 0.949. The molecule has 0 aliphatic rings. The molecule has 0 saturated heterocycles. The van der Waals surface area contributed by atoms with Crippen LogP contribution in [0.5, 0.6) is 0 Å². The molecule has 0 radical (unpaired) electrons. The summed E-state index contributed by atoms with van der Waals surface area (Å²) in [6, 6.07) is 0. The van der Waals surface area contributed by atoms with Gasteiger partial charge in [0.15, 0.2) is 0 Å². The molecule has 0 aromatic carbocycles. The quantitative estimate of drug-likeness (QED) is 0.597. The van der Waals surface area contributed by atoms with Crippen LogP contribution >= 0.6 is 0 Å². The Hall–Kier alpha value is -0.0400. The molecule has 0 bridgehead atoms. The van der Waals surface area contributed by atoms with Crippen molar-refractivity contribution < 1.29 is 4.74 Å². The van der Waals surface area contributed by atoms with Crippen LogP contribution in [0, 0.1) is 11.8 Å². The predicted octanol–water partition coefficient (Wildman–Crippen LogP) is 3.09. The van der Waals surface area contributed by atoms with Crippen LogP contribution in [0.1, 0.15) is 40.5 Å². The first-order chi connectivity index (χ1) is 5.07. The zero-order valence-electron chi connectivity index (χ0n) is 8.55. The van der Waals surface area contributed by atoms with Gasteiger partial charge in [0.1, 0.15) is 0 Å². The van der Waals surface area contributed by atoms with E-state index >= 15 is 0 Å². The van der Waals surface area contributed by atoms with E-state index < -0.39 is 0 Å². The van der Waals surface area contributed by atoms with E-state index in [-0.39, 0.29) is 0 Å². The van der Waals surface area contributed by atoms with Crippen LogP contribution in [0.4, 0.5) is 0 Å². The monoisotopic (exact) mass is 158 g/mol. The molecule has 0 spiro atoms. The summed E-state index contributed by atoms with van der Waals surface area (Å²) in [5.41, 5.74) is 0. The van der Waals surface area contributed by atoms with E-state index in [2.05, 4.69) is 27.7 Å². The molecule has 1 nitrogen and oxygen atoms in total. The van der Waals surface area contributed by atoms with Gasteiger partial charge in [-0.3, -0.25) is 0 Å². The molecule has 0 aliphatic heterocycles. The minimum absolute atomic E-state index is 0.427. The smallest absolute Gasteiger partial charge is 0.0543 e. The van der Waals surface area contributed by atoms with E-state index in [1.807, 2.05) is 0 Å². The van der Waals surface area contributed by atoms with Crippen molar-refractivity contribution in [1.82, 2.24) is 0 Å². The molecule has 0 rings (SSSR count). The lowest BCUT2D eigenvalue weighted by molar-refractivity contribution is 0.103. The van der Waals surface area contributed by atoms with Crippen LogP contribution in [0.2, 0.25) is 0 Å². The van der Waals surface area contributed by atoms with Gasteiger partial charge < -0.3 is 4.74 Å². The van der Waals surface area contributed by atoms with Gasteiger partial charge in [0, 0.05) is 7.11 Å². The summed E-state index contributed by atoms with van der Waals surface area (Å²) < 4.78 is 5.18. The summed E-state index contributed by atoms with van der Waals surface area (Å²) in [6.07, 6.45) is 2.90. The SMILES string of the molecule is COC(C)CCC(C)C(C)C. The van der Waals surface area contributed by atoms with Gasteiger partial charge in [-0.2, -0.15) is 0 Å². The number of methoxy groups -OCH3 is 1. The summed E-state index contributed by atoms with van der Waals surface area (Å²) in [7, 11) is 1.78. The van der Waals surface area contributed by atoms with Crippen molar-refractivity contribution in [3.63, 3.8) is 0 Å². The van der Waals surface area contributed by atoms with Crippen LogP contribution in [0.15, 0.2) is 0 Å². The molecule has 0 heterocycles. The second-order valence-electron chi connectivity index (χ2n) is 3.84. The van der Waals surface area contributed by atoms with E-state index in [4.69, 9.17) is 4.74 Å². The van der Waals surface area contributed by atoms with Gasteiger partial charge in [0.05, 0.1) is 6.10 Å². The number of hydrogen-bond acceptors (Lipinski definition) is 1. The zero-order valence-corrected chi connectivity index (χ0v) is 8.55. The molecule has 1 heteroatoms. The van der Waals surface area contributed by atoms with Crippen molar-refractivity contribution in [2.24, 2.45) is 11.8 Å². The minimum Gasteiger partial charge on any atom is -0.382 e. The molecule has 0 aromatic heterocycles. The van der Waals surface area contributed by atoms with Crippen molar-refractivity contribution in [3.05, 3.63) is 0 Å². The number of ether oxygens (including phenoxy) is 1. The van der Waals surface area contributed by atoms with Crippen molar-refractivity contribution in [1.29, 1.82) is 0 Å². The summed E-state index contributed by atoms with van der Waals surface area (Å²) in [6.45, 7) is 9.00. The Labute approximate surface area is 71.1 Å². The molecule has 2 unspecified atom stereocenters. The standard InChI is InChI=1S/C10H22O/c1-8(2)9(3)6-7-10(4)11-5/h8-10H,6-7H2,1-5H3. The zero-order chi connectivity index (χ0) is 8.85. The molecule has 2 atom stereocenters. The van der Waals surface area contributed by atoms with Gasteiger partial charge >= 0.3 is 0 Å². The van der Waals surface area contributed by atoms with E-state index in [9.17, 15) is 0 Å². The first-order valence-electron chi connectivity index (χ1n) is 4.60. The lowest BCUT2D eigenvalue weighted by atomic mass is 9.92. The average Bonchev–Trinajstić information content (AvgIpc) is 1.99. The normalized spacial score (nSPS) is 16.9. The maximum absolute atomic E-state index is 5.18. The Morgan fingerprint density at radius 1 is 1.00 bits per heavy atom. The molecule has 0 aliphatic carbocycles. The lowest BCUT2D eigenvalue weighted by Crippen LogP contribution is -2.10. The fourth-order valence-corrected chi connectivity index (χ4v) is 0.949. The highest BCUT2D eigenvalue weighted by Gasteiger charge is 2.08. The average molecular weight is 158 g/mol. The minimum atomic E-state index is 0.427. The van der Waals surface area contributed by atoms with Crippen molar-refractivity contribution >= 4 is 0 Å². The first kappa shape index (κ1) is 11.0. The Balaban J connectivity index is 3.37. The molecular formula is C10H22O. The third kappa shape index (κ3) is 5.25. The molecule has 0 saturated carbocycles. The highest BCUT2D eigenvalue weighted by molar-refractivity contribution is 4.59. The van der Waals surface area contributed by atoms with E-state index in [0.717, 1.165) is 11.8 Å². The first-order valence-corrected chi connectivity index (χ1v) is 4.60. The predicted molar refractivity (Wildman–Crippen MR) is 49.7 cm³/mol. The summed E-state index contributed by atoms with van der Waals surface area (Å²) >= 11 is 0.